The molecule has 0 fully saturated rings. The summed E-state index contributed by atoms with van der Waals surface area (Å²) in [5.41, 5.74) is 6.83. The van der Waals surface area contributed by atoms with Gasteiger partial charge in [-0.3, -0.25) is 4.79 Å². The van der Waals surface area contributed by atoms with Gasteiger partial charge in [0.15, 0.2) is 0 Å². The Kier molecular flexibility index (Phi) is 3.48. The lowest BCUT2D eigenvalue weighted by molar-refractivity contribution is 0.0942. The molecule has 5 heteroatoms. The molecule has 1 aromatic carbocycles. The van der Waals surface area contributed by atoms with E-state index in [0.717, 1.165) is 16.7 Å². The first-order valence-electron chi connectivity index (χ1n) is 6.13. The minimum Gasteiger partial charge on any atom is -0.497 e. The summed E-state index contributed by atoms with van der Waals surface area (Å²) in [6, 6.07) is 7.42. The molecule has 0 saturated carbocycles. The van der Waals surface area contributed by atoms with Crippen LogP contribution >= 0.6 is 0 Å². The number of hydrogen-bond acceptors (Lipinski definition) is 3. The van der Waals surface area contributed by atoms with Crippen molar-refractivity contribution in [2.75, 3.05) is 13.7 Å². The zero-order valence-corrected chi connectivity index (χ0v) is 11.4. The van der Waals surface area contributed by atoms with Crippen LogP contribution in [-0.2, 0) is 0 Å². The van der Waals surface area contributed by atoms with Gasteiger partial charge in [-0.05, 0) is 38.1 Å². The maximum atomic E-state index is 12.0. The number of H-pyrrole nitrogens is 1. The first-order chi connectivity index (χ1) is 8.89. The van der Waals surface area contributed by atoms with Crippen LogP contribution in [0, 0.1) is 0 Å². The number of nitrogens with two attached hydrogens (primary N) is 1. The van der Waals surface area contributed by atoms with E-state index in [-0.39, 0.29) is 5.91 Å². The summed E-state index contributed by atoms with van der Waals surface area (Å²) in [7, 11) is 1.62. The van der Waals surface area contributed by atoms with Gasteiger partial charge in [0.25, 0.3) is 5.91 Å². The van der Waals surface area contributed by atoms with Crippen molar-refractivity contribution in [3.63, 3.8) is 0 Å². The van der Waals surface area contributed by atoms with Crippen molar-refractivity contribution in [2.24, 2.45) is 5.73 Å². The van der Waals surface area contributed by atoms with Crippen molar-refractivity contribution in [1.82, 2.24) is 10.3 Å². The normalized spacial score (nSPS) is 11.6. The summed E-state index contributed by atoms with van der Waals surface area (Å²) in [5, 5.41) is 3.74. The maximum Gasteiger partial charge on any atom is 0.267 e. The second-order valence-electron chi connectivity index (χ2n) is 5.31. The topological polar surface area (TPSA) is 80.1 Å². The van der Waals surface area contributed by atoms with Gasteiger partial charge in [0.2, 0.25) is 0 Å². The maximum absolute atomic E-state index is 12.0. The second-order valence-corrected chi connectivity index (χ2v) is 5.31. The molecule has 102 valence electrons. The van der Waals surface area contributed by atoms with Crippen LogP contribution in [0.3, 0.4) is 0 Å². The summed E-state index contributed by atoms with van der Waals surface area (Å²) >= 11 is 0. The monoisotopic (exact) mass is 261 g/mol. The van der Waals surface area contributed by atoms with Gasteiger partial charge in [-0.25, -0.2) is 0 Å². The van der Waals surface area contributed by atoms with E-state index in [1.807, 2.05) is 32.0 Å². The number of amides is 1. The number of carbonyl (C=O) groups excluding carboxylic acids is 1. The second kappa shape index (κ2) is 4.93. The van der Waals surface area contributed by atoms with Crippen molar-refractivity contribution in [2.45, 2.75) is 19.4 Å². The zero-order valence-electron chi connectivity index (χ0n) is 11.4. The number of aromatic amines is 1. The van der Waals surface area contributed by atoms with Crippen LogP contribution in [0.1, 0.15) is 24.3 Å². The molecule has 4 N–H and O–H groups in total. The molecule has 2 aromatic rings. The average Bonchev–Trinajstić information content (AvgIpc) is 2.77. The van der Waals surface area contributed by atoms with Crippen molar-refractivity contribution >= 4 is 16.8 Å². The van der Waals surface area contributed by atoms with E-state index in [2.05, 4.69) is 10.3 Å². The smallest absolute Gasteiger partial charge is 0.267 e. The number of rotatable bonds is 4. The number of methoxy groups -OCH3 is 1. The Hall–Kier alpha value is -2.01. The third-order valence-corrected chi connectivity index (χ3v) is 2.78. The van der Waals surface area contributed by atoms with Gasteiger partial charge >= 0.3 is 0 Å². The van der Waals surface area contributed by atoms with E-state index < -0.39 is 5.54 Å². The first kappa shape index (κ1) is 13.4. The van der Waals surface area contributed by atoms with Crippen molar-refractivity contribution in [3.8, 4) is 5.75 Å². The van der Waals surface area contributed by atoms with Crippen LogP contribution in [-0.4, -0.2) is 30.1 Å². The number of benzene rings is 1. The predicted molar refractivity (Wildman–Crippen MR) is 75.5 cm³/mol. The van der Waals surface area contributed by atoms with Gasteiger partial charge < -0.3 is 20.8 Å². The molecule has 0 atom stereocenters. The molecule has 2 rings (SSSR count). The highest BCUT2D eigenvalue weighted by Gasteiger charge is 2.14. The molecule has 0 aliphatic heterocycles. The Morgan fingerprint density at radius 2 is 2.16 bits per heavy atom. The lowest BCUT2D eigenvalue weighted by Crippen LogP contribution is -2.45. The van der Waals surface area contributed by atoms with Gasteiger partial charge in [-0.15, -0.1) is 0 Å². The van der Waals surface area contributed by atoms with E-state index in [0.29, 0.717) is 12.2 Å². The van der Waals surface area contributed by atoms with E-state index in [1.165, 1.54) is 0 Å². The Balaban J connectivity index is 2.19. The Morgan fingerprint density at radius 3 is 2.79 bits per heavy atom. The van der Waals surface area contributed by atoms with Crippen LogP contribution in [0.5, 0.6) is 5.75 Å². The lowest BCUT2D eigenvalue weighted by Gasteiger charge is -2.18. The summed E-state index contributed by atoms with van der Waals surface area (Å²) in [4.78, 5) is 15.1. The molecule has 19 heavy (non-hydrogen) atoms. The quantitative estimate of drug-likeness (QED) is 0.782. The van der Waals surface area contributed by atoms with E-state index >= 15 is 0 Å². The molecule has 0 bridgehead atoms. The summed E-state index contributed by atoms with van der Waals surface area (Å²) in [5.74, 6) is 0.607. The largest absolute Gasteiger partial charge is 0.497 e. The molecule has 0 spiro atoms. The Labute approximate surface area is 112 Å². The molecular weight excluding hydrogens is 242 g/mol. The Morgan fingerprint density at radius 1 is 1.42 bits per heavy atom. The fourth-order valence-corrected chi connectivity index (χ4v) is 1.76. The predicted octanol–water partition coefficient (Wildman–Crippen LogP) is 1.64. The van der Waals surface area contributed by atoms with Gasteiger partial charge in [0, 0.05) is 23.0 Å². The summed E-state index contributed by atoms with van der Waals surface area (Å²) < 4.78 is 5.15. The van der Waals surface area contributed by atoms with Gasteiger partial charge in [-0.1, -0.05) is 0 Å². The third kappa shape index (κ3) is 3.26. The van der Waals surface area contributed by atoms with Crippen LogP contribution in [0.4, 0.5) is 0 Å². The molecular formula is C14H19N3O2. The molecule has 1 aromatic heterocycles. The number of fused-ring (bicyclic) bond motifs is 1. The number of aromatic nitrogens is 1. The standard InChI is InChI=1S/C14H19N3O2/c1-14(2,15)8-16-13(18)12-7-9-6-10(19-3)4-5-11(9)17-12/h4-7,17H,8,15H2,1-3H3,(H,16,18). The van der Waals surface area contributed by atoms with Crippen LogP contribution in [0.15, 0.2) is 24.3 Å². The first-order valence-corrected chi connectivity index (χ1v) is 6.13. The number of ether oxygens (including phenoxy) is 1. The minimum atomic E-state index is -0.426. The van der Waals surface area contributed by atoms with E-state index in [9.17, 15) is 4.79 Å². The summed E-state index contributed by atoms with van der Waals surface area (Å²) in [6.45, 7) is 4.15. The molecule has 5 nitrogen and oxygen atoms in total. The molecule has 0 radical (unpaired) electrons. The highest BCUT2D eigenvalue weighted by molar-refractivity contribution is 5.98. The molecule has 1 heterocycles. The van der Waals surface area contributed by atoms with Gasteiger partial charge in [-0.2, -0.15) is 0 Å². The fourth-order valence-electron chi connectivity index (χ4n) is 1.76. The van der Waals surface area contributed by atoms with Crippen LogP contribution in [0.2, 0.25) is 0 Å². The Bertz CT molecular complexity index is 596. The van der Waals surface area contributed by atoms with Crippen LogP contribution in [0.25, 0.3) is 10.9 Å². The number of nitrogens with one attached hydrogen (secondary N) is 2. The SMILES string of the molecule is COc1ccc2[nH]c(C(=O)NCC(C)(C)N)cc2c1. The van der Waals surface area contributed by atoms with Gasteiger partial charge in [0.05, 0.1) is 7.11 Å². The highest BCUT2D eigenvalue weighted by Crippen LogP contribution is 2.21. The molecule has 0 aliphatic carbocycles. The molecule has 0 aliphatic rings. The van der Waals surface area contributed by atoms with Crippen LogP contribution < -0.4 is 15.8 Å². The lowest BCUT2D eigenvalue weighted by atomic mass is 10.1. The van der Waals surface area contributed by atoms with E-state index in [1.54, 1.807) is 13.2 Å². The number of carbonyl (C=O) groups is 1. The fraction of sp³-hybridized carbons (Fsp3) is 0.357. The van der Waals surface area contributed by atoms with E-state index in [4.69, 9.17) is 10.5 Å². The molecule has 1 amide bonds. The third-order valence-electron chi connectivity index (χ3n) is 2.78. The average molecular weight is 261 g/mol. The zero-order chi connectivity index (χ0) is 14.0. The minimum absolute atomic E-state index is 0.159. The molecule has 0 saturated heterocycles. The summed E-state index contributed by atoms with van der Waals surface area (Å²) in [6.07, 6.45) is 0. The van der Waals surface area contributed by atoms with Crippen molar-refractivity contribution < 1.29 is 9.53 Å². The van der Waals surface area contributed by atoms with Gasteiger partial charge in [0.1, 0.15) is 11.4 Å². The van der Waals surface area contributed by atoms with Crippen molar-refractivity contribution in [3.05, 3.63) is 30.0 Å². The molecule has 0 unspecified atom stereocenters. The highest BCUT2D eigenvalue weighted by atomic mass is 16.5. The van der Waals surface area contributed by atoms with Crippen molar-refractivity contribution in [1.29, 1.82) is 0 Å². The number of hydrogen-bond donors (Lipinski definition) is 3.